The molecular formula is C9H20ClOSi. The summed E-state index contributed by atoms with van der Waals surface area (Å²) in [6.45, 7) is 11.8. The van der Waals surface area contributed by atoms with Gasteiger partial charge in [-0.1, -0.05) is 26.6 Å². The summed E-state index contributed by atoms with van der Waals surface area (Å²) < 4.78 is 4.98. The molecule has 0 aliphatic carbocycles. The second-order valence-corrected chi connectivity index (χ2v) is 10.3. The number of alkyl halides is 1. The maximum Gasteiger partial charge on any atom is 0.0489 e. The molecule has 0 amide bonds. The van der Waals surface area contributed by atoms with E-state index in [-0.39, 0.29) is 5.38 Å². The summed E-state index contributed by atoms with van der Waals surface area (Å²) in [7, 11) is 0.532. The number of rotatable bonds is 5. The highest BCUT2D eigenvalue weighted by Crippen LogP contribution is 2.29. The van der Waals surface area contributed by atoms with Crippen molar-refractivity contribution in [2.24, 2.45) is 0 Å². The fourth-order valence-corrected chi connectivity index (χ4v) is 3.45. The van der Waals surface area contributed by atoms with Gasteiger partial charge in [0, 0.05) is 27.2 Å². The molecule has 1 nitrogen and oxygen atoms in total. The number of hydrogen-bond acceptors (Lipinski definition) is 1. The fraction of sp³-hybridized carbons (Fsp3) is 0.889. The van der Waals surface area contributed by atoms with E-state index in [0.717, 1.165) is 13.0 Å². The van der Waals surface area contributed by atoms with Crippen molar-refractivity contribution in [2.45, 2.75) is 37.0 Å². The maximum atomic E-state index is 6.19. The molecule has 2 unspecified atom stereocenters. The molecule has 0 aliphatic heterocycles. The third-order valence-electron chi connectivity index (χ3n) is 2.15. The molecule has 0 aromatic rings. The molecule has 0 heterocycles. The molecule has 1 radical (unpaired) electrons. The first-order valence-corrected chi connectivity index (χ1v) is 8.37. The Morgan fingerprint density at radius 2 is 1.92 bits per heavy atom. The van der Waals surface area contributed by atoms with E-state index >= 15 is 0 Å². The summed E-state index contributed by atoms with van der Waals surface area (Å²) in [5.74, 6) is 0. The second kappa shape index (κ2) is 5.25. The van der Waals surface area contributed by atoms with Crippen LogP contribution in [0.15, 0.2) is 0 Å². The average molecular weight is 208 g/mol. The molecule has 3 heteroatoms. The van der Waals surface area contributed by atoms with Crippen LogP contribution in [0.5, 0.6) is 0 Å². The minimum absolute atomic E-state index is 0.177. The van der Waals surface area contributed by atoms with Gasteiger partial charge in [0.1, 0.15) is 0 Å². The Morgan fingerprint density at radius 1 is 1.42 bits per heavy atom. The Balaban J connectivity index is 3.84. The van der Waals surface area contributed by atoms with Crippen molar-refractivity contribution in [2.75, 3.05) is 13.7 Å². The van der Waals surface area contributed by atoms with Crippen LogP contribution >= 0.6 is 11.6 Å². The van der Waals surface area contributed by atoms with Crippen molar-refractivity contribution in [3.05, 3.63) is 6.92 Å². The third kappa shape index (κ3) is 4.48. The first-order chi connectivity index (χ1) is 5.39. The van der Waals surface area contributed by atoms with Crippen molar-refractivity contribution in [3.8, 4) is 0 Å². The van der Waals surface area contributed by atoms with Gasteiger partial charge in [-0.2, -0.15) is 0 Å². The SMILES string of the molecule is [CH2]C(C(Cl)CCOC)[Si](C)(C)C. The van der Waals surface area contributed by atoms with E-state index in [1.165, 1.54) is 0 Å². The van der Waals surface area contributed by atoms with Gasteiger partial charge in [-0.05, 0) is 12.0 Å². The van der Waals surface area contributed by atoms with Gasteiger partial charge in [-0.3, -0.25) is 0 Å². The minimum atomic E-state index is -1.17. The van der Waals surface area contributed by atoms with Crippen molar-refractivity contribution in [3.63, 3.8) is 0 Å². The number of methoxy groups -OCH3 is 1. The summed E-state index contributed by atoms with van der Waals surface area (Å²) in [4.78, 5) is 0. The van der Waals surface area contributed by atoms with E-state index in [0.29, 0.717) is 5.54 Å². The maximum absolute atomic E-state index is 6.19. The van der Waals surface area contributed by atoms with E-state index < -0.39 is 8.07 Å². The first-order valence-electron chi connectivity index (χ1n) is 4.35. The molecular weight excluding hydrogens is 188 g/mol. The summed E-state index contributed by atoms with van der Waals surface area (Å²) in [6.07, 6.45) is 0.913. The van der Waals surface area contributed by atoms with Crippen molar-refractivity contribution < 1.29 is 4.74 Å². The normalized spacial score (nSPS) is 17.5. The minimum Gasteiger partial charge on any atom is -0.385 e. The zero-order valence-electron chi connectivity index (χ0n) is 8.56. The van der Waals surface area contributed by atoms with Gasteiger partial charge >= 0.3 is 0 Å². The molecule has 0 spiro atoms. The van der Waals surface area contributed by atoms with Gasteiger partial charge in [-0.25, -0.2) is 0 Å². The molecule has 0 rings (SSSR count). The van der Waals surface area contributed by atoms with Gasteiger partial charge in [-0.15, -0.1) is 11.6 Å². The van der Waals surface area contributed by atoms with Gasteiger partial charge in [0.2, 0.25) is 0 Å². The molecule has 0 saturated heterocycles. The second-order valence-electron chi connectivity index (χ2n) is 4.27. The van der Waals surface area contributed by atoms with Crippen LogP contribution in [-0.2, 0) is 4.74 Å². The van der Waals surface area contributed by atoms with E-state index in [9.17, 15) is 0 Å². The lowest BCUT2D eigenvalue weighted by Crippen LogP contribution is -2.32. The largest absolute Gasteiger partial charge is 0.385 e. The Kier molecular flexibility index (Phi) is 5.46. The van der Waals surface area contributed by atoms with Crippen LogP contribution in [-0.4, -0.2) is 27.2 Å². The van der Waals surface area contributed by atoms with Crippen LogP contribution in [0.3, 0.4) is 0 Å². The molecule has 0 aromatic carbocycles. The monoisotopic (exact) mass is 207 g/mol. The predicted octanol–water partition coefficient (Wildman–Crippen LogP) is 3.17. The van der Waals surface area contributed by atoms with Crippen LogP contribution in [0.4, 0.5) is 0 Å². The van der Waals surface area contributed by atoms with Crippen LogP contribution in [0.25, 0.3) is 0 Å². The highest BCUT2D eigenvalue weighted by molar-refractivity contribution is 6.78. The van der Waals surface area contributed by atoms with E-state index in [4.69, 9.17) is 16.3 Å². The highest BCUT2D eigenvalue weighted by Gasteiger charge is 2.28. The summed E-state index contributed by atoms with van der Waals surface area (Å²) in [6, 6.07) is 0. The van der Waals surface area contributed by atoms with Crippen LogP contribution < -0.4 is 0 Å². The highest BCUT2D eigenvalue weighted by atomic mass is 35.5. The standard InChI is InChI=1S/C9H20ClOSi/c1-8(12(3,4)5)9(10)6-7-11-2/h8-9H,1,6-7H2,2-5H3. The summed E-state index contributed by atoms with van der Waals surface area (Å²) in [5, 5.41) is 0.177. The average Bonchev–Trinajstić information content (AvgIpc) is 1.97. The van der Waals surface area contributed by atoms with Gasteiger partial charge in [0.05, 0.1) is 0 Å². The lowest BCUT2D eigenvalue weighted by molar-refractivity contribution is 0.194. The lowest BCUT2D eigenvalue weighted by atomic mass is 10.2. The molecule has 2 atom stereocenters. The Hall–Kier alpha value is 0.467. The molecule has 0 N–H and O–H groups in total. The van der Waals surface area contributed by atoms with Crippen LogP contribution in [0.2, 0.25) is 25.2 Å². The van der Waals surface area contributed by atoms with E-state index in [2.05, 4.69) is 26.6 Å². The smallest absolute Gasteiger partial charge is 0.0489 e. The van der Waals surface area contributed by atoms with Crippen molar-refractivity contribution in [1.29, 1.82) is 0 Å². The molecule has 0 aromatic heterocycles. The predicted molar refractivity (Wildman–Crippen MR) is 58.6 cm³/mol. The Labute approximate surface area is 82.5 Å². The Bertz CT molecular complexity index is 122. The molecule has 0 aliphatic rings. The topological polar surface area (TPSA) is 9.23 Å². The number of halogens is 1. The van der Waals surface area contributed by atoms with Gasteiger partial charge in [0.15, 0.2) is 0 Å². The molecule has 12 heavy (non-hydrogen) atoms. The molecule has 0 bridgehead atoms. The van der Waals surface area contributed by atoms with Gasteiger partial charge in [0.25, 0.3) is 0 Å². The lowest BCUT2D eigenvalue weighted by Gasteiger charge is -2.29. The number of ether oxygens (including phenoxy) is 1. The third-order valence-corrected chi connectivity index (χ3v) is 5.51. The summed E-state index contributed by atoms with van der Waals surface area (Å²) in [5.41, 5.74) is 0.411. The fourth-order valence-electron chi connectivity index (χ4n) is 0.974. The quantitative estimate of drug-likeness (QED) is 0.497. The van der Waals surface area contributed by atoms with Crippen LogP contribution in [0, 0.1) is 6.92 Å². The molecule has 73 valence electrons. The number of hydrogen-bond donors (Lipinski definition) is 0. The van der Waals surface area contributed by atoms with E-state index in [1.807, 2.05) is 0 Å². The van der Waals surface area contributed by atoms with Gasteiger partial charge < -0.3 is 4.74 Å². The molecule has 0 fully saturated rings. The van der Waals surface area contributed by atoms with E-state index in [1.54, 1.807) is 7.11 Å². The van der Waals surface area contributed by atoms with Crippen molar-refractivity contribution in [1.82, 2.24) is 0 Å². The Morgan fingerprint density at radius 3 is 2.25 bits per heavy atom. The summed E-state index contributed by atoms with van der Waals surface area (Å²) >= 11 is 6.19. The first kappa shape index (κ1) is 12.5. The van der Waals surface area contributed by atoms with Crippen LogP contribution in [0.1, 0.15) is 6.42 Å². The van der Waals surface area contributed by atoms with Crippen molar-refractivity contribution >= 4 is 19.7 Å². The molecule has 0 saturated carbocycles. The zero-order chi connectivity index (χ0) is 9.78. The zero-order valence-corrected chi connectivity index (χ0v) is 10.3.